The van der Waals surface area contributed by atoms with Crippen molar-refractivity contribution in [2.75, 3.05) is 5.73 Å². The van der Waals surface area contributed by atoms with Gasteiger partial charge in [-0.25, -0.2) is 4.98 Å². The summed E-state index contributed by atoms with van der Waals surface area (Å²) in [4.78, 5) is 4.21. The molecule has 3 N–H and O–H groups in total. The van der Waals surface area contributed by atoms with Gasteiger partial charge in [0.15, 0.2) is 0 Å². The number of rotatable bonds is 0. The Bertz CT molecular complexity index is 466. The van der Waals surface area contributed by atoms with Gasteiger partial charge in [-0.05, 0) is 19.1 Å². The number of hydrogen-bond acceptors (Lipinski definition) is 3. The third kappa shape index (κ3) is 1.18. The maximum absolute atomic E-state index is 9.50. The first-order valence-corrected chi connectivity index (χ1v) is 4.03. The number of phenols is 1. The Morgan fingerprint density at radius 3 is 2.92 bits per heavy atom. The van der Waals surface area contributed by atoms with Crippen LogP contribution < -0.4 is 5.73 Å². The summed E-state index contributed by atoms with van der Waals surface area (Å²) >= 11 is 0. The first-order valence-electron chi connectivity index (χ1n) is 4.03. The van der Waals surface area contributed by atoms with E-state index in [9.17, 15) is 5.11 Å². The van der Waals surface area contributed by atoms with Gasteiger partial charge in [0.1, 0.15) is 11.3 Å². The van der Waals surface area contributed by atoms with E-state index in [-0.39, 0.29) is 5.75 Å². The Morgan fingerprint density at radius 1 is 1.38 bits per heavy atom. The van der Waals surface area contributed by atoms with Crippen LogP contribution in [-0.4, -0.2) is 10.1 Å². The maximum Gasteiger partial charge on any atom is 0.141 e. The zero-order valence-corrected chi connectivity index (χ0v) is 7.28. The molecular formula is C10H10N2O. The number of aromatic nitrogens is 1. The lowest BCUT2D eigenvalue weighted by molar-refractivity contribution is 0.480. The van der Waals surface area contributed by atoms with Gasteiger partial charge < -0.3 is 10.8 Å². The van der Waals surface area contributed by atoms with Crippen LogP contribution >= 0.6 is 0 Å². The zero-order chi connectivity index (χ0) is 9.42. The molecule has 1 heterocycles. The van der Waals surface area contributed by atoms with Crippen LogP contribution in [0.5, 0.6) is 5.75 Å². The largest absolute Gasteiger partial charge is 0.506 e. The summed E-state index contributed by atoms with van der Waals surface area (Å²) < 4.78 is 0. The van der Waals surface area contributed by atoms with Gasteiger partial charge >= 0.3 is 0 Å². The van der Waals surface area contributed by atoms with Crippen molar-refractivity contribution in [1.82, 2.24) is 4.98 Å². The molecule has 0 atom stereocenters. The molecule has 3 nitrogen and oxygen atoms in total. The van der Waals surface area contributed by atoms with Gasteiger partial charge in [-0.1, -0.05) is 12.1 Å². The smallest absolute Gasteiger partial charge is 0.141 e. The molecule has 0 aliphatic heterocycles. The van der Waals surface area contributed by atoms with Gasteiger partial charge in [-0.15, -0.1) is 0 Å². The number of benzene rings is 1. The number of phenolic OH excluding ortho intramolecular Hbond substituents is 1. The van der Waals surface area contributed by atoms with Crippen molar-refractivity contribution < 1.29 is 5.11 Å². The summed E-state index contributed by atoms with van der Waals surface area (Å²) in [6.07, 6.45) is 0. The highest BCUT2D eigenvalue weighted by Gasteiger charge is 2.03. The van der Waals surface area contributed by atoms with E-state index in [4.69, 9.17) is 5.73 Å². The van der Waals surface area contributed by atoms with Crippen molar-refractivity contribution in [2.24, 2.45) is 0 Å². The Morgan fingerprint density at radius 2 is 2.15 bits per heavy atom. The Kier molecular flexibility index (Phi) is 1.59. The number of hydrogen-bond donors (Lipinski definition) is 2. The number of nitrogens with two attached hydrogens (primary N) is 1. The van der Waals surface area contributed by atoms with E-state index in [0.29, 0.717) is 11.2 Å². The average Bonchev–Trinajstić information content (AvgIpc) is 2.07. The molecule has 13 heavy (non-hydrogen) atoms. The van der Waals surface area contributed by atoms with Gasteiger partial charge in [0.25, 0.3) is 0 Å². The zero-order valence-electron chi connectivity index (χ0n) is 7.28. The van der Waals surface area contributed by atoms with Crippen molar-refractivity contribution >= 4 is 16.6 Å². The topological polar surface area (TPSA) is 59.1 Å². The standard InChI is InChI=1S/C10H10N2O/c1-6-5-8(11)7-3-2-4-9(13)10(7)12-6/h2-5,13H,1H3,(H2,11,12). The highest BCUT2D eigenvalue weighted by atomic mass is 16.3. The number of aromatic hydroxyl groups is 1. The first kappa shape index (κ1) is 7.86. The van der Waals surface area contributed by atoms with E-state index in [1.807, 2.05) is 13.0 Å². The fraction of sp³-hybridized carbons (Fsp3) is 0.100. The monoisotopic (exact) mass is 174 g/mol. The quantitative estimate of drug-likeness (QED) is 0.640. The summed E-state index contributed by atoms with van der Waals surface area (Å²) in [5.74, 6) is 0.174. The lowest BCUT2D eigenvalue weighted by atomic mass is 10.1. The predicted molar refractivity (Wildman–Crippen MR) is 52.6 cm³/mol. The lowest BCUT2D eigenvalue weighted by Gasteiger charge is -2.04. The summed E-state index contributed by atoms with van der Waals surface area (Å²) in [6, 6.07) is 7.00. The minimum absolute atomic E-state index is 0.174. The molecule has 0 saturated carbocycles. The van der Waals surface area contributed by atoms with Crippen LogP contribution in [0, 0.1) is 6.92 Å². The van der Waals surface area contributed by atoms with Crippen molar-refractivity contribution in [2.45, 2.75) is 6.92 Å². The van der Waals surface area contributed by atoms with Crippen molar-refractivity contribution in [3.05, 3.63) is 30.0 Å². The van der Waals surface area contributed by atoms with E-state index in [0.717, 1.165) is 11.1 Å². The number of fused-ring (bicyclic) bond motifs is 1. The first-order chi connectivity index (χ1) is 6.18. The second-order valence-electron chi connectivity index (χ2n) is 3.03. The van der Waals surface area contributed by atoms with Crippen LogP contribution in [0.4, 0.5) is 5.69 Å². The van der Waals surface area contributed by atoms with E-state index < -0.39 is 0 Å². The Balaban J connectivity index is 2.94. The molecule has 0 unspecified atom stereocenters. The average molecular weight is 174 g/mol. The van der Waals surface area contributed by atoms with Gasteiger partial charge in [0.05, 0.1) is 0 Å². The molecule has 66 valence electrons. The van der Waals surface area contributed by atoms with Crippen molar-refractivity contribution in [3.8, 4) is 5.75 Å². The minimum atomic E-state index is 0.174. The van der Waals surface area contributed by atoms with Gasteiger partial charge in [0, 0.05) is 16.8 Å². The molecule has 3 heteroatoms. The number of para-hydroxylation sites is 1. The van der Waals surface area contributed by atoms with Crippen LogP contribution in [-0.2, 0) is 0 Å². The predicted octanol–water partition coefficient (Wildman–Crippen LogP) is 1.83. The second-order valence-corrected chi connectivity index (χ2v) is 3.03. The fourth-order valence-corrected chi connectivity index (χ4v) is 1.39. The van der Waals surface area contributed by atoms with Gasteiger partial charge in [-0.2, -0.15) is 0 Å². The van der Waals surface area contributed by atoms with Crippen LogP contribution in [0.3, 0.4) is 0 Å². The third-order valence-electron chi connectivity index (χ3n) is 1.98. The molecule has 1 aromatic carbocycles. The molecule has 0 bridgehead atoms. The summed E-state index contributed by atoms with van der Waals surface area (Å²) in [7, 11) is 0. The van der Waals surface area contributed by atoms with Crippen molar-refractivity contribution in [3.63, 3.8) is 0 Å². The number of aryl methyl sites for hydroxylation is 1. The summed E-state index contributed by atoms with van der Waals surface area (Å²) in [6.45, 7) is 1.85. The van der Waals surface area contributed by atoms with Crippen LogP contribution in [0.25, 0.3) is 10.9 Å². The molecule has 2 aromatic rings. The van der Waals surface area contributed by atoms with Crippen molar-refractivity contribution in [1.29, 1.82) is 0 Å². The highest BCUT2D eigenvalue weighted by molar-refractivity contribution is 5.93. The molecule has 2 rings (SSSR count). The number of anilines is 1. The SMILES string of the molecule is Cc1cc(N)c2cccc(O)c2n1. The molecule has 0 saturated heterocycles. The van der Waals surface area contributed by atoms with E-state index in [2.05, 4.69) is 4.98 Å². The highest BCUT2D eigenvalue weighted by Crippen LogP contribution is 2.26. The number of nitrogen functional groups attached to an aromatic ring is 1. The molecule has 0 aliphatic carbocycles. The van der Waals surface area contributed by atoms with E-state index >= 15 is 0 Å². The molecule has 0 spiro atoms. The van der Waals surface area contributed by atoms with Gasteiger partial charge in [-0.3, -0.25) is 0 Å². The molecule has 0 radical (unpaired) electrons. The molecule has 0 aliphatic rings. The van der Waals surface area contributed by atoms with Crippen LogP contribution in [0.1, 0.15) is 5.69 Å². The van der Waals surface area contributed by atoms with E-state index in [1.54, 1.807) is 18.2 Å². The molecular weight excluding hydrogens is 164 g/mol. The van der Waals surface area contributed by atoms with Crippen LogP contribution in [0.2, 0.25) is 0 Å². The lowest BCUT2D eigenvalue weighted by Crippen LogP contribution is -1.91. The molecule has 1 aromatic heterocycles. The van der Waals surface area contributed by atoms with E-state index in [1.165, 1.54) is 0 Å². The van der Waals surface area contributed by atoms with Crippen LogP contribution in [0.15, 0.2) is 24.3 Å². The summed E-state index contributed by atoms with van der Waals surface area (Å²) in [5, 5.41) is 10.3. The molecule has 0 fully saturated rings. The number of pyridine rings is 1. The Labute approximate surface area is 75.8 Å². The summed E-state index contributed by atoms with van der Waals surface area (Å²) in [5.41, 5.74) is 7.81. The minimum Gasteiger partial charge on any atom is -0.506 e. The van der Waals surface area contributed by atoms with Gasteiger partial charge in [0.2, 0.25) is 0 Å². The normalized spacial score (nSPS) is 10.5. The molecule has 0 amide bonds. The Hall–Kier alpha value is -1.77. The maximum atomic E-state index is 9.50. The third-order valence-corrected chi connectivity index (χ3v) is 1.98. The second kappa shape index (κ2) is 2.62. The number of nitrogens with zero attached hydrogens (tertiary/aromatic N) is 1. The fourth-order valence-electron chi connectivity index (χ4n) is 1.39.